The van der Waals surface area contributed by atoms with Gasteiger partial charge < -0.3 is 9.47 Å². The molecule has 4 aliphatic carbocycles. The van der Waals surface area contributed by atoms with Crippen molar-refractivity contribution in [3.05, 3.63) is 0 Å². The second-order valence-electron chi connectivity index (χ2n) is 10.9. The minimum Gasteiger partial charge on any atom is -0.462 e. The van der Waals surface area contributed by atoms with Crippen LogP contribution in [-0.2, 0) is 14.3 Å². The molecule has 0 aromatic rings. The topological polar surface area (TPSA) is 38.8 Å². The fourth-order valence-corrected chi connectivity index (χ4v) is 8.96. The van der Waals surface area contributed by atoms with Crippen molar-refractivity contribution in [2.45, 2.75) is 84.0 Å². The van der Waals surface area contributed by atoms with E-state index in [-0.39, 0.29) is 18.0 Å². The summed E-state index contributed by atoms with van der Waals surface area (Å²) >= 11 is 0. The summed E-state index contributed by atoms with van der Waals surface area (Å²) in [4.78, 5) is 12.1. The lowest BCUT2D eigenvalue weighted by Gasteiger charge is -2.60. The summed E-state index contributed by atoms with van der Waals surface area (Å²) in [6, 6.07) is 0. The zero-order valence-corrected chi connectivity index (χ0v) is 15.9. The van der Waals surface area contributed by atoms with Crippen LogP contribution in [0.4, 0.5) is 0 Å². The van der Waals surface area contributed by atoms with Crippen LogP contribution >= 0.6 is 0 Å². The van der Waals surface area contributed by atoms with Gasteiger partial charge in [0.15, 0.2) is 0 Å². The molecule has 2 saturated heterocycles. The van der Waals surface area contributed by atoms with Crippen molar-refractivity contribution < 1.29 is 14.3 Å². The first-order valence-corrected chi connectivity index (χ1v) is 10.8. The molecule has 0 unspecified atom stereocenters. The first-order valence-electron chi connectivity index (χ1n) is 10.8. The normalized spacial score (nSPS) is 64.4. The van der Waals surface area contributed by atoms with Crippen molar-refractivity contribution in [2.24, 2.45) is 46.3 Å². The third-order valence-corrected chi connectivity index (χ3v) is 10.2. The lowest BCUT2D eigenvalue weighted by atomic mass is 9.44. The highest BCUT2D eigenvalue weighted by molar-refractivity contribution is 5.75. The molecule has 0 N–H and O–H groups in total. The molecule has 0 aromatic heterocycles. The van der Waals surface area contributed by atoms with Crippen LogP contribution < -0.4 is 0 Å². The van der Waals surface area contributed by atoms with Gasteiger partial charge in [-0.15, -0.1) is 0 Å². The van der Waals surface area contributed by atoms with Gasteiger partial charge in [-0.05, 0) is 79.4 Å². The molecule has 0 bridgehead atoms. The van der Waals surface area contributed by atoms with Crippen molar-refractivity contribution in [2.75, 3.05) is 0 Å². The number of carbonyl (C=O) groups excluding carboxylic acids is 1. The van der Waals surface area contributed by atoms with E-state index in [1.807, 2.05) is 0 Å². The Labute approximate surface area is 151 Å². The van der Waals surface area contributed by atoms with E-state index in [1.165, 1.54) is 38.5 Å². The van der Waals surface area contributed by atoms with Crippen LogP contribution in [0.1, 0.15) is 65.7 Å². The number of rotatable bonds is 0. The van der Waals surface area contributed by atoms with Gasteiger partial charge in [0.1, 0.15) is 6.10 Å². The number of hydrogen-bond donors (Lipinski definition) is 0. The molecule has 6 rings (SSSR count). The molecule has 6 aliphatic rings. The van der Waals surface area contributed by atoms with Crippen LogP contribution in [0.15, 0.2) is 0 Å². The molecule has 0 radical (unpaired) electrons. The minimum atomic E-state index is 0.0664. The number of ether oxygens (including phenoxy) is 2. The van der Waals surface area contributed by atoms with E-state index in [9.17, 15) is 4.79 Å². The third kappa shape index (κ3) is 1.79. The summed E-state index contributed by atoms with van der Waals surface area (Å²) in [7, 11) is 0. The van der Waals surface area contributed by atoms with E-state index in [1.54, 1.807) is 0 Å². The highest BCUT2D eigenvalue weighted by Gasteiger charge is 2.67. The van der Waals surface area contributed by atoms with E-state index in [4.69, 9.17) is 9.47 Å². The van der Waals surface area contributed by atoms with Gasteiger partial charge in [-0.3, -0.25) is 4.79 Å². The molecular formula is C22H32O3. The fraction of sp³-hybridized carbons (Fsp3) is 0.955. The Kier molecular flexibility index (Phi) is 2.87. The van der Waals surface area contributed by atoms with Gasteiger partial charge in [0.05, 0.1) is 18.1 Å². The van der Waals surface area contributed by atoms with Gasteiger partial charge in [0, 0.05) is 5.92 Å². The van der Waals surface area contributed by atoms with Crippen LogP contribution in [0.25, 0.3) is 0 Å². The summed E-state index contributed by atoms with van der Waals surface area (Å²) in [6.07, 6.45) is 10.7. The smallest absolute Gasteiger partial charge is 0.309 e. The van der Waals surface area contributed by atoms with Crippen LogP contribution in [0.3, 0.4) is 0 Å². The van der Waals surface area contributed by atoms with E-state index in [2.05, 4.69) is 20.8 Å². The maximum atomic E-state index is 12.1. The maximum absolute atomic E-state index is 12.1. The summed E-state index contributed by atoms with van der Waals surface area (Å²) in [5.41, 5.74) is 0.829. The Morgan fingerprint density at radius 3 is 2.64 bits per heavy atom. The maximum Gasteiger partial charge on any atom is 0.309 e. The predicted molar refractivity (Wildman–Crippen MR) is 93.7 cm³/mol. The Morgan fingerprint density at radius 2 is 1.80 bits per heavy atom. The number of carbonyl (C=O) groups is 1. The second kappa shape index (κ2) is 4.64. The third-order valence-electron chi connectivity index (χ3n) is 10.2. The average molecular weight is 344 g/mol. The molecular weight excluding hydrogens is 312 g/mol. The van der Waals surface area contributed by atoms with E-state index in [0.717, 1.165) is 30.1 Å². The van der Waals surface area contributed by atoms with Crippen molar-refractivity contribution in [3.63, 3.8) is 0 Å². The summed E-state index contributed by atoms with van der Waals surface area (Å²) < 4.78 is 11.8. The van der Waals surface area contributed by atoms with Gasteiger partial charge in [-0.1, -0.05) is 20.8 Å². The van der Waals surface area contributed by atoms with Gasteiger partial charge >= 0.3 is 5.97 Å². The standard InChI is InChI=1S/C22H32O3/c1-11-19-17(25-20(11)23)9-15-13-5-4-12-8-16-18(24-16)10-22(12,3)14(13)6-7-21(15,19)2/h11-19H,4-10H2,1-3H3/t11-,12-,13+,14-,15-,16-,17-,18+,19-,21-,22-/m0/s1. The molecule has 6 fully saturated rings. The quantitative estimate of drug-likeness (QED) is 0.488. The van der Waals surface area contributed by atoms with Gasteiger partial charge in [0.25, 0.3) is 0 Å². The molecule has 138 valence electrons. The van der Waals surface area contributed by atoms with Crippen LogP contribution in [0.5, 0.6) is 0 Å². The highest BCUT2D eigenvalue weighted by Crippen LogP contribution is 2.70. The Bertz CT molecular complexity index is 631. The van der Waals surface area contributed by atoms with Gasteiger partial charge in [-0.2, -0.15) is 0 Å². The lowest BCUT2D eigenvalue weighted by Crippen LogP contribution is -2.54. The first kappa shape index (κ1) is 15.5. The van der Waals surface area contributed by atoms with Crippen molar-refractivity contribution in [1.82, 2.24) is 0 Å². The number of hydrogen-bond acceptors (Lipinski definition) is 3. The molecule has 3 nitrogen and oxygen atoms in total. The zero-order valence-electron chi connectivity index (χ0n) is 15.9. The van der Waals surface area contributed by atoms with Gasteiger partial charge in [0.2, 0.25) is 0 Å². The van der Waals surface area contributed by atoms with E-state index < -0.39 is 0 Å². The Morgan fingerprint density at radius 1 is 0.960 bits per heavy atom. The zero-order chi connectivity index (χ0) is 17.1. The van der Waals surface area contributed by atoms with Crippen molar-refractivity contribution in [1.29, 1.82) is 0 Å². The molecule has 0 aromatic carbocycles. The van der Waals surface area contributed by atoms with Crippen LogP contribution in [0.2, 0.25) is 0 Å². The monoisotopic (exact) mass is 344 g/mol. The van der Waals surface area contributed by atoms with E-state index >= 15 is 0 Å². The summed E-state index contributed by atoms with van der Waals surface area (Å²) in [6.45, 7) is 7.23. The largest absolute Gasteiger partial charge is 0.462 e. The highest BCUT2D eigenvalue weighted by atomic mass is 16.6. The summed E-state index contributed by atoms with van der Waals surface area (Å²) in [5.74, 6) is 4.03. The molecule has 0 amide bonds. The predicted octanol–water partition coefficient (Wildman–Crippen LogP) is 4.19. The summed E-state index contributed by atoms with van der Waals surface area (Å²) in [5, 5.41) is 0. The number of epoxide rings is 1. The van der Waals surface area contributed by atoms with Gasteiger partial charge in [-0.25, -0.2) is 0 Å². The fourth-order valence-electron chi connectivity index (χ4n) is 8.96. The number of fused-ring (bicyclic) bond motifs is 8. The minimum absolute atomic E-state index is 0.0664. The average Bonchev–Trinajstić information content (AvgIpc) is 3.15. The first-order chi connectivity index (χ1) is 11.9. The van der Waals surface area contributed by atoms with Crippen molar-refractivity contribution >= 4 is 5.97 Å². The SMILES string of the molecule is C[C@@H]1C(=O)O[C@H]2C[C@H]3[C@@H]4CC[C@H]5C[C@@H]6O[C@@H]6C[C@]5(C)[C@H]4CC[C@]3(C)[C@H]21. The lowest BCUT2D eigenvalue weighted by molar-refractivity contribution is -0.146. The molecule has 11 atom stereocenters. The number of esters is 1. The molecule has 0 spiro atoms. The van der Waals surface area contributed by atoms with Crippen molar-refractivity contribution in [3.8, 4) is 0 Å². The Balaban J connectivity index is 1.33. The van der Waals surface area contributed by atoms with E-state index in [0.29, 0.717) is 29.0 Å². The second-order valence-corrected chi connectivity index (χ2v) is 10.9. The molecule has 2 aliphatic heterocycles. The molecule has 4 saturated carbocycles. The van der Waals surface area contributed by atoms with Crippen LogP contribution in [-0.4, -0.2) is 24.3 Å². The molecule has 3 heteroatoms. The van der Waals surface area contributed by atoms with Crippen LogP contribution in [0, 0.1) is 46.3 Å². The Hall–Kier alpha value is -0.570. The molecule has 2 heterocycles. The molecule has 25 heavy (non-hydrogen) atoms.